The molecule has 0 aliphatic heterocycles. The van der Waals surface area contributed by atoms with Crippen molar-refractivity contribution in [2.24, 2.45) is 0 Å². The first-order chi connectivity index (χ1) is 14.0. The highest BCUT2D eigenvalue weighted by molar-refractivity contribution is 7.99. The van der Waals surface area contributed by atoms with Crippen LogP contribution < -0.4 is 10.1 Å². The van der Waals surface area contributed by atoms with Crippen molar-refractivity contribution in [3.63, 3.8) is 0 Å². The first-order valence-electron chi connectivity index (χ1n) is 8.99. The Morgan fingerprint density at radius 1 is 1.17 bits per heavy atom. The molecule has 152 valence electrons. The number of hydrogen-bond acceptors (Lipinski definition) is 5. The van der Waals surface area contributed by atoms with Crippen molar-refractivity contribution in [1.82, 2.24) is 14.8 Å². The van der Waals surface area contributed by atoms with Crippen molar-refractivity contribution in [3.05, 3.63) is 64.4 Å². The van der Waals surface area contributed by atoms with E-state index in [0.29, 0.717) is 39.0 Å². The van der Waals surface area contributed by atoms with Gasteiger partial charge in [0.05, 0.1) is 5.75 Å². The van der Waals surface area contributed by atoms with Crippen molar-refractivity contribution in [2.45, 2.75) is 31.7 Å². The third-order valence-corrected chi connectivity index (χ3v) is 5.41. The standard InChI is InChI=1S/C20H20Cl2N4O2S/c1-3-26-19(13(2)28-17-9-5-7-15(22)11-17)24-25-20(26)29-12-18(27)23-16-8-4-6-14(21)10-16/h4-11,13H,3,12H2,1-2H3,(H,23,27). The van der Waals surface area contributed by atoms with Gasteiger partial charge in [-0.05, 0) is 50.2 Å². The van der Waals surface area contributed by atoms with Crippen molar-refractivity contribution in [2.75, 3.05) is 11.1 Å². The molecule has 0 saturated carbocycles. The zero-order chi connectivity index (χ0) is 20.8. The lowest BCUT2D eigenvalue weighted by atomic mass is 10.3. The second-order valence-electron chi connectivity index (χ2n) is 6.15. The van der Waals surface area contributed by atoms with E-state index < -0.39 is 0 Å². The number of anilines is 1. The fourth-order valence-corrected chi connectivity index (χ4v) is 3.88. The molecule has 1 amide bonds. The summed E-state index contributed by atoms with van der Waals surface area (Å²) < 4.78 is 7.88. The number of benzene rings is 2. The van der Waals surface area contributed by atoms with Crippen LogP contribution in [0.2, 0.25) is 10.0 Å². The van der Waals surface area contributed by atoms with E-state index in [9.17, 15) is 4.79 Å². The van der Waals surface area contributed by atoms with E-state index in [1.807, 2.05) is 30.5 Å². The van der Waals surface area contributed by atoms with E-state index in [-0.39, 0.29) is 17.8 Å². The molecule has 1 N–H and O–H groups in total. The van der Waals surface area contributed by atoms with Gasteiger partial charge in [0.2, 0.25) is 5.91 Å². The normalized spacial score (nSPS) is 11.9. The molecule has 0 spiro atoms. The molecule has 0 radical (unpaired) electrons. The number of carbonyl (C=O) groups excluding carboxylic acids is 1. The first-order valence-corrected chi connectivity index (χ1v) is 10.7. The number of amides is 1. The molecule has 6 nitrogen and oxygen atoms in total. The molecule has 0 aliphatic carbocycles. The number of carbonyl (C=O) groups is 1. The van der Waals surface area contributed by atoms with Crippen molar-refractivity contribution in [3.8, 4) is 5.75 Å². The van der Waals surface area contributed by atoms with Crippen LogP contribution in [0.4, 0.5) is 5.69 Å². The maximum Gasteiger partial charge on any atom is 0.234 e. The van der Waals surface area contributed by atoms with Gasteiger partial charge in [-0.15, -0.1) is 10.2 Å². The van der Waals surface area contributed by atoms with Crippen LogP contribution in [-0.4, -0.2) is 26.4 Å². The third kappa shape index (κ3) is 5.88. The molecule has 0 fully saturated rings. The van der Waals surface area contributed by atoms with Crippen LogP contribution in [0.1, 0.15) is 25.8 Å². The van der Waals surface area contributed by atoms with Gasteiger partial charge in [0.25, 0.3) is 0 Å². The summed E-state index contributed by atoms with van der Waals surface area (Å²) >= 11 is 13.3. The Bertz CT molecular complexity index is 996. The van der Waals surface area contributed by atoms with Crippen LogP contribution in [0.25, 0.3) is 0 Å². The monoisotopic (exact) mass is 450 g/mol. The summed E-state index contributed by atoms with van der Waals surface area (Å²) in [6, 6.07) is 14.2. The molecule has 0 saturated heterocycles. The van der Waals surface area contributed by atoms with E-state index in [4.69, 9.17) is 27.9 Å². The molecule has 0 aliphatic rings. The average molecular weight is 451 g/mol. The van der Waals surface area contributed by atoms with Gasteiger partial charge in [0.15, 0.2) is 17.1 Å². The van der Waals surface area contributed by atoms with Gasteiger partial charge in [-0.25, -0.2) is 0 Å². The fourth-order valence-electron chi connectivity index (χ4n) is 2.70. The quantitative estimate of drug-likeness (QED) is 0.460. The molecular formula is C20H20Cl2N4O2S. The maximum absolute atomic E-state index is 12.2. The van der Waals surface area contributed by atoms with E-state index in [1.165, 1.54) is 11.8 Å². The fraction of sp³-hybridized carbons (Fsp3) is 0.250. The minimum atomic E-state index is -0.324. The summed E-state index contributed by atoms with van der Waals surface area (Å²) in [5, 5.41) is 13.1. The lowest BCUT2D eigenvalue weighted by Crippen LogP contribution is -2.15. The van der Waals surface area contributed by atoms with Crippen molar-refractivity contribution >= 4 is 46.6 Å². The number of rotatable bonds is 8. The van der Waals surface area contributed by atoms with E-state index in [2.05, 4.69) is 15.5 Å². The third-order valence-electron chi connectivity index (χ3n) is 3.97. The maximum atomic E-state index is 12.2. The minimum absolute atomic E-state index is 0.146. The molecule has 1 aromatic heterocycles. The Labute approximate surface area is 183 Å². The van der Waals surface area contributed by atoms with Gasteiger partial charge >= 0.3 is 0 Å². The number of halogens is 2. The number of nitrogens with one attached hydrogen (secondary N) is 1. The predicted molar refractivity (Wildman–Crippen MR) is 117 cm³/mol. The Morgan fingerprint density at radius 2 is 1.90 bits per heavy atom. The van der Waals surface area contributed by atoms with Crippen LogP contribution in [0.3, 0.4) is 0 Å². The molecule has 1 heterocycles. The summed E-state index contributed by atoms with van der Waals surface area (Å²) in [6.45, 7) is 4.55. The van der Waals surface area contributed by atoms with Crippen molar-refractivity contribution < 1.29 is 9.53 Å². The topological polar surface area (TPSA) is 69.0 Å². The highest BCUT2D eigenvalue weighted by Crippen LogP contribution is 2.26. The SMILES string of the molecule is CCn1c(SCC(=O)Nc2cccc(Cl)c2)nnc1C(C)Oc1cccc(Cl)c1. The summed E-state index contributed by atoms with van der Waals surface area (Å²) in [7, 11) is 0. The Hall–Kier alpha value is -2.22. The number of hydrogen-bond donors (Lipinski definition) is 1. The predicted octanol–water partition coefficient (Wildman–Crippen LogP) is 5.48. The minimum Gasteiger partial charge on any atom is -0.483 e. The lowest BCUT2D eigenvalue weighted by Gasteiger charge is -2.15. The number of nitrogens with zero attached hydrogens (tertiary/aromatic N) is 3. The van der Waals surface area contributed by atoms with Gasteiger partial charge in [-0.1, -0.05) is 47.1 Å². The van der Waals surface area contributed by atoms with E-state index >= 15 is 0 Å². The van der Waals surface area contributed by atoms with Crippen molar-refractivity contribution in [1.29, 1.82) is 0 Å². The molecular weight excluding hydrogens is 431 g/mol. The number of thioether (sulfide) groups is 1. The van der Waals surface area contributed by atoms with Crippen LogP contribution >= 0.6 is 35.0 Å². The molecule has 29 heavy (non-hydrogen) atoms. The number of ether oxygens (including phenoxy) is 1. The largest absolute Gasteiger partial charge is 0.483 e. The van der Waals surface area contributed by atoms with Crippen LogP contribution in [0.15, 0.2) is 53.7 Å². The van der Waals surface area contributed by atoms with E-state index in [0.717, 1.165) is 0 Å². The van der Waals surface area contributed by atoms with Crippen LogP contribution in [0.5, 0.6) is 5.75 Å². The second-order valence-corrected chi connectivity index (χ2v) is 7.97. The van der Waals surface area contributed by atoms with Gasteiger partial charge in [0.1, 0.15) is 5.75 Å². The zero-order valence-electron chi connectivity index (χ0n) is 15.9. The van der Waals surface area contributed by atoms with Gasteiger partial charge < -0.3 is 14.6 Å². The molecule has 3 rings (SSSR count). The molecule has 3 aromatic rings. The summed E-state index contributed by atoms with van der Waals surface area (Å²) in [5.41, 5.74) is 0.657. The summed E-state index contributed by atoms with van der Waals surface area (Å²) in [5.74, 6) is 1.40. The molecule has 1 atom stereocenters. The molecule has 1 unspecified atom stereocenters. The summed E-state index contributed by atoms with van der Waals surface area (Å²) in [6.07, 6.45) is -0.324. The number of aromatic nitrogens is 3. The highest BCUT2D eigenvalue weighted by atomic mass is 35.5. The Balaban J connectivity index is 1.63. The smallest absolute Gasteiger partial charge is 0.234 e. The van der Waals surface area contributed by atoms with Gasteiger partial charge in [-0.3, -0.25) is 4.79 Å². The average Bonchev–Trinajstić information content (AvgIpc) is 3.09. The summed E-state index contributed by atoms with van der Waals surface area (Å²) in [4.78, 5) is 12.2. The molecule has 9 heteroatoms. The van der Waals surface area contributed by atoms with Crippen LogP contribution in [0, 0.1) is 0 Å². The van der Waals surface area contributed by atoms with E-state index in [1.54, 1.807) is 36.4 Å². The second kappa shape index (κ2) is 10.0. The van der Waals surface area contributed by atoms with Crippen LogP contribution in [-0.2, 0) is 11.3 Å². The lowest BCUT2D eigenvalue weighted by molar-refractivity contribution is -0.113. The van der Waals surface area contributed by atoms with Gasteiger partial charge in [0, 0.05) is 22.3 Å². The Morgan fingerprint density at radius 3 is 2.59 bits per heavy atom. The highest BCUT2D eigenvalue weighted by Gasteiger charge is 2.19. The molecule has 2 aromatic carbocycles. The zero-order valence-corrected chi connectivity index (χ0v) is 18.3. The first kappa shape index (κ1) is 21.5. The molecule has 0 bridgehead atoms. The van der Waals surface area contributed by atoms with Gasteiger partial charge in [-0.2, -0.15) is 0 Å². The Kier molecular flexibility index (Phi) is 7.41.